The lowest BCUT2D eigenvalue weighted by Gasteiger charge is -2.21. The molecule has 0 amide bonds. The predicted molar refractivity (Wildman–Crippen MR) is 173 cm³/mol. The highest BCUT2D eigenvalue weighted by atomic mass is 19.2. The quantitative estimate of drug-likeness (QED) is 0.106. The second-order valence-corrected chi connectivity index (χ2v) is 11.2. The molecule has 0 saturated carbocycles. The fraction of sp³-hybridized carbons (Fsp3) is 0. The normalized spacial score (nSPS) is 11.7. The molecule has 0 bridgehead atoms. The van der Waals surface area contributed by atoms with Gasteiger partial charge in [-0.15, -0.1) is 0 Å². The Bertz CT molecular complexity index is 2490. The van der Waals surface area contributed by atoms with E-state index in [9.17, 15) is 8.78 Å². The number of rotatable bonds is 3. The third-order valence-electron chi connectivity index (χ3n) is 8.60. The van der Waals surface area contributed by atoms with Crippen LogP contribution in [-0.4, -0.2) is 0 Å². The molecule has 0 nitrogen and oxygen atoms in total. The molecule has 222 valence electrons. The summed E-state index contributed by atoms with van der Waals surface area (Å²) in [6.45, 7) is 0. The van der Waals surface area contributed by atoms with Gasteiger partial charge in [0.1, 0.15) is 34.9 Å². The highest BCUT2D eigenvalue weighted by Crippen LogP contribution is 2.49. The number of fused-ring (bicyclic) bond motifs is 5. The molecular formula is C40H20F6. The van der Waals surface area contributed by atoms with Crippen LogP contribution < -0.4 is 0 Å². The minimum absolute atomic E-state index is 0.0985. The Labute approximate surface area is 258 Å². The van der Waals surface area contributed by atoms with Crippen LogP contribution in [0.1, 0.15) is 0 Å². The van der Waals surface area contributed by atoms with Crippen molar-refractivity contribution < 1.29 is 26.3 Å². The zero-order chi connectivity index (χ0) is 31.7. The molecule has 0 unspecified atom stereocenters. The molecule has 0 aliphatic carbocycles. The number of hydrogen-bond donors (Lipinski definition) is 0. The summed E-state index contributed by atoms with van der Waals surface area (Å²) in [5.74, 6) is -6.67. The lowest BCUT2D eigenvalue weighted by Crippen LogP contribution is -1.99. The molecule has 0 aromatic heterocycles. The van der Waals surface area contributed by atoms with Crippen molar-refractivity contribution in [2.75, 3.05) is 0 Å². The highest BCUT2D eigenvalue weighted by Gasteiger charge is 2.26. The van der Waals surface area contributed by atoms with Crippen molar-refractivity contribution in [2.45, 2.75) is 0 Å². The van der Waals surface area contributed by atoms with Gasteiger partial charge in [-0.05, 0) is 72.4 Å². The smallest absolute Gasteiger partial charge is 0.136 e. The maximum Gasteiger partial charge on any atom is 0.136 e. The van der Waals surface area contributed by atoms with Crippen LogP contribution in [0.3, 0.4) is 0 Å². The zero-order valence-electron chi connectivity index (χ0n) is 23.8. The summed E-state index contributed by atoms with van der Waals surface area (Å²) in [5, 5.41) is 4.33. The van der Waals surface area contributed by atoms with Crippen LogP contribution in [0.5, 0.6) is 0 Å². The van der Waals surface area contributed by atoms with Gasteiger partial charge in [0.2, 0.25) is 0 Å². The molecule has 0 radical (unpaired) electrons. The lowest BCUT2D eigenvalue weighted by atomic mass is 9.83. The highest BCUT2D eigenvalue weighted by molar-refractivity contribution is 6.27. The van der Waals surface area contributed by atoms with E-state index >= 15 is 17.6 Å². The molecule has 46 heavy (non-hydrogen) atoms. The molecule has 8 aromatic rings. The number of hydrogen-bond acceptors (Lipinski definition) is 0. The van der Waals surface area contributed by atoms with Gasteiger partial charge in [-0.3, -0.25) is 0 Å². The van der Waals surface area contributed by atoms with Crippen LogP contribution in [-0.2, 0) is 0 Å². The van der Waals surface area contributed by atoms with Crippen molar-refractivity contribution in [2.24, 2.45) is 0 Å². The van der Waals surface area contributed by atoms with Crippen LogP contribution in [0.2, 0.25) is 0 Å². The van der Waals surface area contributed by atoms with Crippen LogP contribution in [0, 0.1) is 34.9 Å². The van der Waals surface area contributed by atoms with E-state index in [1.807, 2.05) is 60.7 Å². The molecule has 0 saturated heterocycles. The SMILES string of the molecule is Fc1cc(F)c(-c2c3ccccc3c(-c3c(F)cc(F)cc3F)c3cc4c(cc23)c(-c2ccccc2)cc2ccccc24)c(F)c1. The summed E-state index contributed by atoms with van der Waals surface area (Å²) >= 11 is 0. The first-order valence-corrected chi connectivity index (χ1v) is 14.5. The molecule has 8 aromatic carbocycles. The first kappa shape index (κ1) is 27.9. The summed E-state index contributed by atoms with van der Waals surface area (Å²) < 4.78 is 91.0. The fourth-order valence-electron chi connectivity index (χ4n) is 6.73. The molecule has 6 heteroatoms. The van der Waals surface area contributed by atoms with Gasteiger partial charge < -0.3 is 0 Å². The third-order valence-corrected chi connectivity index (χ3v) is 8.60. The number of benzene rings is 8. The second kappa shape index (κ2) is 10.5. The first-order chi connectivity index (χ1) is 22.3. The topological polar surface area (TPSA) is 0 Å². The van der Waals surface area contributed by atoms with Gasteiger partial charge in [0.15, 0.2) is 0 Å². The van der Waals surface area contributed by atoms with Crippen LogP contribution in [0.4, 0.5) is 26.3 Å². The van der Waals surface area contributed by atoms with Crippen molar-refractivity contribution in [1.29, 1.82) is 0 Å². The summed E-state index contributed by atoms with van der Waals surface area (Å²) in [5.41, 5.74) is 0.961. The summed E-state index contributed by atoms with van der Waals surface area (Å²) in [6, 6.07) is 31.7. The average molecular weight is 615 g/mol. The predicted octanol–water partition coefficient (Wildman–Crippen LogP) is 12.1. The van der Waals surface area contributed by atoms with Gasteiger partial charge in [0, 0.05) is 35.4 Å². The third kappa shape index (κ3) is 4.25. The zero-order valence-corrected chi connectivity index (χ0v) is 23.8. The minimum Gasteiger partial charge on any atom is -0.207 e. The number of halogens is 6. The van der Waals surface area contributed by atoms with E-state index < -0.39 is 46.0 Å². The molecular weight excluding hydrogens is 594 g/mol. The first-order valence-electron chi connectivity index (χ1n) is 14.5. The maximum absolute atomic E-state index is 15.7. The van der Waals surface area contributed by atoms with Crippen LogP contribution in [0.25, 0.3) is 76.5 Å². The molecule has 0 aliphatic rings. The van der Waals surface area contributed by atoms with Gasteiger partial charge in [0.05, 0.1) is 11.1 Å². The molecule has 0 atom stereocenters. The molecule has 0 aliphatic heterocycles. The van der Waals surface area contributed by atoms with Gasteiger partial charge in [0.25, 0.3) is 0 Å². The maximum atomic E-state index is 15.7. The van der Waals surface area contributed by atoms with Gasteiger partial charge in [-0.2, -0.15) is 0 Å². The fourth-order valence-corrected chi connectivity index (χ4v) is 6.73. The van der Waals surface area contributed by atoms with Crippen molar-refractivity contribution in [3.63, 3.8) is 0 Å². The Morgan fingerprint density at radius 2 is 0.739 bits per heavy atom. The van der Waals surface area contributed by atoms with E-state index in [1.165, 1.54) is 0 Å². The second-order valence-electron chi connectivity index (χ2n) is 11.2. The monoisotopic (exact) mass is 614 g/mol. The van der Waals surface area contributed by atoms with Crippen molar-refractivity contribution in [3.8, 4) is 33.4 Å². The Kier molecular flexibility index (Phi) is 6.36. The van der Waals surface area contributed by atoms with E-state index in [-0.39, 0.29) is 32.7 Å². The van der Waals surface area contributed by atoms with Crippen molar-refractivity contribution >= 4 is 43.1 Å². The molecule has 0 fully saturated rings. The average Bonchev–Trinajstić information content (AvgIpc) is 3.04. The summed E-state index contributed by atoms with van der Waals surface area (Å²) in [7, 11) is 0. The minimum atomic E-state index is -1.13. The van der Waals surface area contributed by atoms with Crippen LogP contribution >= 0.6 is 0 Å². The Balaban J connectivity index is 1.68. The molecule has 8 rings (SSSR count). The summed E-state index contributed by atoms with van der Waals surface area (Å²) in [6.07, 6.45) is 0. The van der Waals surface area contributed by atoms with E-state index in [1.54, 1.807) is 36.4 Å². The molecule has 0 spiro atoms. The van der Waals surface area contributed by atoms with E-state index in [0.717, 1.165) is 32.7 Å². The van der Waals surface area contributed by atoms with E-state index in [2.05, 4.69) is 0 Å². The van der Waals surface area contributed by atoms with Crippen molar-refractivity contribution in [1.82, 2.24) is 0 Å². The van der Waals surface area contributed by atoms with Gasteiger partial charge >= 0.3 is 0 Å². The molecule has 0 N–H and O–H groups in total. The van der Waals surface area contributed by atoms with Gasteiger partial charge in [-0.25, -0.2) is 26.3 Å². The van der Waals surface area contributed by atoms with Crippen LogP contribution in [0.15, 0.2) is 121 Å². The largest absolute Gasteiger partial charge is 0.207 e. The Morgan fingerprint density at radius 3 is 1.26 bits per heavy atom. The Hall–Kier alpha value is -5.62. The van der Waals surface area contributed by atoms with Gasteiger partial charge in [-0.1, -0.05) is 78.9 Å². The summed E-state index contributed by atoms with van der Waals surface area (Å²) in [4.78, 5) is 0. The van der Waals surface area contributed by atoms with Crippen molar-refractivity contribution in [3.05, 3.63) is 156 Å². The Morgan fingerprint density at radius 1 is 0.304 bits per heavy atom. The molecule has 0 heterocycles. The lowest BCUT2D eigenvalue weighted by molar-refractivity contribution is 0.547. The standard InChI is InChI=1S/C40H20F6/c41-23-15-33(43)39(34(44)16-23)37-26-12-6-7-13-27(26)38(40-35(45)17-24(42)18-36(40)46)32-20-30-28(21-8-2-1-3-9-21)14-22-10-4-5-11-25(22)29(30)19-31(32)37/h1-20H. The van der Waals surface area contributed by atoms with E-state index in [4.69, 9.17) is 0 Å². The van der Waals surface area contributed by atoms with E-state index in [0.29, 0.717) is 24.3 Å².